The number of halogens is 4. The summed E-state index contributed by atoms with van der Waals surface area (Å²) in [6.45, 7) is 1.81. The maximum absolute atomic E-state index is 12.9. The van der Waals surface area contributed by atoms with Crippen molar-refractivity contribution in [1.29, 1.82) is 0 Å². The minimum Gasteiger partial charge on any atom is -0.233 e. The first kappa shape index (κ1) is 13.8. The van der Waals surface area contributed by atoms with Crippen LogP contribution in [0.15, 0.2) is 30.3 Å². The van der Waals surface area contributed by atoms with E-state index in [1.807, 2.05) is 6.92 Å². The summed E-state index contributed by atoms with van der Waals surface area (Å²) < 4.78 is 38.8. The summed E-state index contributed by atoms with van der Waals surface area (Å²) in [5, 5.41) is 0.138. The van der Waals surface area contributed by atoms with E-state index in [1.165, 1.54) is 24.3 Å². The van der Waals surface area contributed by atoms with E-state index in [9.17, 15) is 13.2 Å². The molecule has 0 bridgehead atoms. The third-order valence-corrected chi connectivity index (χ3v) is 2.76. The third-order valence-electron chi connectivity index (χ3n) is 2.57. The first-order valence-corrected chi connectivity index (χ1v) is 5.99. The fourth-order valence-corrected chi connectivity index (χ4v) is 1.92. The van der Waals surface area contributed by atoms with Crippen molar-refractivity contribution in [2.24, 2.45) is 0 Å². The molecule has 0 atom stereocenters. The lowest BCUT2D eigenvalue weighted by molar-refractivity contribution is -0.137. The van der Waals surface area contributed by atoms with Gasteiger partial charge in [-0.2, -0.15) is 13.2 Å². The molecule has 19 heavy (non-hydrogen) atoms. The minimum atomic E-state index is -4.43. The van der Waals surface area contributed by atoms with Crippen LogP contribution in [-0.4, -0.2) is 9.97 Å². The van der Waals surface area contributed by atoms with Crippen LogP contribution in [0.1, 0.15) is 18.3 Å². The number of rotatable bonds is 2. The summed E-state index contributed by atoms with van der Waals surface area (Å²) in [6.07, 6.45) is -3.93. The molecule has 2 rings (SSSR count). The van der Waals surface area contributed by atoms with Crippen LogP contribution in [0.2, 0.25) is 5.15 Å². The first-order valence-electron chi connectivity index (χ1n) is 5.62. The number of alkyl halides is 3. The van der Waals surface area contributed by atoms with Gasteiger partial charge in [-0.15, -0.1) is 0 Å². The molecule has 2 aromatic rings. The molecule has 2 nitrogen and oxygen atoms in total. The van der Waals surface area contributed by atoms with E-state index < -0.39 is 11.7 Å². The largest absolute Gasteiger partial charge is 0.417 e. The van der Waals surface area contributed by atoms with Gasteiger partial charge in [-0.3, -0.25) is 0 Å². The van der Waals surface area contributed by atoms with E-state index >= 15 is 0 Å². The lowest BCUT2D eigenvalue weighted by atomic mass is 10.0. The summed E-state index contributed by atoms with van der Waals surface area (Å²) in [5.41, 5.74) is -0.536. The Balaban J connectivity index is 2.62. The van der Waals surface area contributed by atoms with Crippen molar-refractivity contribution >= 4 is 11.6 Å². The topological polar surface area (TPSA) is 25.8 Å². The Morgan fingerprint density at radius 2 is 1.84 bits per heavy atom. The molecule has 0 spiro atoms. The lowest BCUT2D eigenvalue weighted by Crippen LogP contribution is -2.08. The van der Waals surface area contributed by atoms with E-state index in [0.29, 0.717) is 12.2 Å². The SMILES string of the molecule is CCc1nc(Cl)cc(-c2ccccc2C(F)(F)F)n1. The first-order chi connectivity index (χ1) is 8.91. The Morgan fingerprint density at radius 3 is 2.47 bits per heavy atom. The predicted octanol–water partition coefficient (Wildman–Crippen LogP) is 4.38. The van der Waals surface area contributed by atoms with Crippen LogP contribution in [0.25, 0.3) is 11.3 Å². The molecule has 0 aliphatic carbocycles. The van der Waals surface area contributed by atoms with E-state index in [2.05, 4.69) is 9.97 Å². The van der Waals surface area contributed by atoms with Gasteiger partial charge in [0.05, 0.1) is 11.3 Å². The second-order valence-electron chi connectivity index (χ2n) is 3.89. The average molecular weight is 287 g/mol. The highest BCUT2D eigenvalue weighted by Gasteiger charge is 2.33. The smallest absolute Gasteiger partial charge is 0.233 e. The van der Waals surface area contributed by atoms with Crippen molar-refractivity contribution in [3.05, 3.63) is 46.9 Å². The lowest BCUT2D eigenvalue weighted by Gasteiger charge is -2.12. The number of aromatic nitrogens is 2. The fraction of sp³-hybridized carbons (Fsp3) is 0.231. The average Bonchev–Trinajstić information content (AvgIpc) is 2.37. The van der Waals surface area contributed by atoms with Crippen molar-refractivity contribution < 1.29 is 13.2 Å². The van der Waals surface area contributed by atoms with Crippen LogP contribution in [0.5, 0.6) is 0 Å². The highest BCUT2D eigenvalue weighted by Crippen LogP contribution is 2.36. The molecule has 0 aliphatic rings. The molecule has 1 heterocycles. The Labute approximate surface area is 113 Å². The number of hydrogen-bond acceptors (Lipinski definition) is 2. The van der Waals surface area contributed by atoms with Crippen LogP contribution in [0, 0.1) is 0 Å². The Kier molecular flexibility index (Phi) is 3.75. The minimum absolute atomic E-state index is 0.00833. The zero-order valence-electron chi connectivity index (χ0n) is 10.0. The fourth-order valence-electron chi connectivity index (χ4n) is 1.71. The van der Waals surface area contributed by atoms with Gasteiger partial charge in [-0.25, -0.2) is 9.97 Å². The normalized spacial score (nSPS) is 11.6. The molecule has 0 unspecified atom stereocenters. The van der Waals surface area contributed by atoms with Crippen LogP contribution in [0.3, 0.4) is 0 Å². The molecule has 6 heteroatoms. The quantitative estimate of drug-likeness (QED) is 0.766. The maximum Gasteiger partial charge on any atom is 0.417 e. The van der Waals surface area contributed by atoms with Gasteiger partial charge in [-0.1, -0.05) is 36.7 Å². The Hall–Kier alpha value is -1.62. The molecule has 1 aromatic carbocycles. The second kappa shape index (κ2) is 5.17. The van der Waals surface area contributed by atoms with E-state index in [1.54, 1.807) is 0 Å². The van der Waals surface area contributed by atoms with Crippen LogP contribution < -0.4 is 0 Å². The van der Waals surface area contributed by atoms with Crippen LogP contribution >= 0.6 is 11.6 Å². The zero-order chi connectivity index (χ0) is 14.0. The molecule has 0 saturated heterocycles. The second-order valence-corrected chi connectivity index (χ2v) is 4.28. The van der Waals surface area contributed by atoms with Gasteiger partial charge >= 0.3 is 6.18 Å². The van der Waals surface area contributed by atoms with E-state index in [4.69, 9.17) is 11.6 Å². The molecule has 0 amide bonds. The number of nitrogens with zero attached hydrogens (tertiary/aromatic N) is 2. The van der Waals surface area contributed by atoms with Gasteiger partial charge in [-0.05, 0) is 6.07 Å². The standard InChI is InChI=1S/C13H10ClF3N2/c1-2-12-18-10(7-11(14)19-12)8-5-3-4-6-9(8)13(15,16)17/h3-7H,2H2,1H3. The Bertz CT molecular complexity index is 597. The molecular weight excluding hydrogens is 277 g/mol. The van der Waals surface area contributed by atoms with E-state index in [0.717, 1.165) is 6.07 Å². The van der Waals surface area contributed by atoms with Crippen molar-refractivity contribution in [3.8, 4) is 11.3 Å². The van der Waals surface area contributed by atoms with Gasteiger partial charge in [0.1, 0.15) is 11.0 Å². The highest BCUT2D eigenvalue weighted by atomic mass is 35.5. The zero-order valence-corrected chi connectivity index (χ0v) is 10.8. The monoisotopic (exact) mass is 286 g/mol. The van der Waals surface area contributed by atoms with Gasteiger partial charge in [0.2, 0.25) is 0 Å². The van der Waals surface area contributed by atoms with Gasteiger partial charge in [0.25, 0.3) is 0 Å². The summed E-state index contributed by atoms with van der Waals surface area (Å²) in [4.78, 5) is 8.04. The predicted molar refractivity (Wildman–Crippen MR) is 66.9 cm³/mol. The summed E-state index contributed by atoms with van der Waals surface area (Å²) in [6, 6.07) is 6.62. The molecule has 0 aliphatic heterocycles. The number of hydrogen-bond donors (Lipinski definition) is 0. The highest BCUT2D eigenvalue weighted by molar-refractivity contribution is 6.29. The summed E-state index contributed by atoms with van der Waals surface area (Å²) in [5.74, 6) is 0.416. The maximum atomic E-state index is 12.9. The van der Waals surface area contributed by atoms with Crippen LogP contribution in [0.4, 0.5) is 13.2 Å². The number of aryl methyl sites for hydroxylation is 1. The molecule has 100 valence electrons. The number of benzene rings is 1. The van der Waals surface area contributed by atoms with Crippen LogP contribution in [-0.2, 0) is 12.6 Å². The molecule has 1 aromatic heterocycles. The molecule has 0 saturated carbocycles. The summed E-state index contributed by atoms with van der Waals surface area (Å²) >= 11 is 5.81. The molecule has 0 N–H and O–H groups in total. The summed E-state index contributed by atoms with van der Waals surface area (Å²) in [7, 11) is 0. The van der Waals surface area contributed by atoms with Gasteiger partial charge < -0.3 is 0 Å². The molecular formula is C13H10ClF3N2. The van der Waals surface area contributed by atoms with E-state index in [-0.39, 0.29) is 16.4 Å². The Morgan fingerprint density at radius 1 is 1.16 bits per heavy atom. The van der Waals surface area contributed by atoms with Crippen molar-refractivity contribution in [2.75, 3.05) is 0 Å². The molecule has 0 radical (unpaired) electrons. The van der Waals surface area contributed by atoms with Crippen molar-refractivity contribution in [1.82, 2.24) is 9.97 Å². The van der Waals surface area contributed by atoms with Gasteiger partial charge in [0, 0.05) is 18.1 Å². The van der Waals surface area contributed by atoms with Crippen molar-refractivity contribution in [2.45, 2.75) is 19.5 Å². The third kappa shape index (κ3) is 3.04. The molecule has 0 fully saturated rings. The van der Waals surface area contributed by atoms with Crippen molar-refractivity contribution in [3.63, 3.8) is 0 Å². The van der Waals surface area contributed by atoms with Gasteiger partial charge in [0.15, 0.2) is 0 Å².